The number of pyridine rings is 1. The summed E-state index contributed by atoms with van der Waals surface area (Å²) in [6, 6.07) is 0.953. The van der Waals surface area contributed by atoms with Crippen LogP contribution in [0.4, 0.5) is 8.78 Å². The smallest absolute Gasteiger partial charge is 0.274 e. The zero-order chi connectivity index (χ0) is 26.8. The van der Waals surface area contributed by atoms with Crippen LogP contribution in [0.25, 0.3) is 0 Å². The van der Waals surface area contributed by atoms with Crippen LogP contribution in [-0.4, -0.2) is 61.5 Å². The van der Waals surface area contributed by atoms with Crippen LogP contribution in [0.5, 0.6) is 5.75 Å². The number of nitrogens with zero attached hydrogens (tertiary/aromatic N) is 3. The molecule has 4 atom stereocenters. The van der Waals surface area contributed by atoms with E-state index in [0.717, 1.165) is 18.3 Å². The predicted octanol–water partition coefficient (Wildman–Crippen LogP) is 2.10. The summed E-state index contributed by atoms with van der Waals surface area (Å²) in [6.07, 6.45) is 0.766. The highest BCUT2D eigenvalue weighted by molar-refractivity contribution is 6.30. The Kier molecular flexibility index (Phi) is 5.99. The predicted molar refractivity (Wildman–Crippen MR) is 127 cm³/mol. The molecule has 1 aromatic heterocycles. The van der Waals surface area contributed by atoms with Crippen LogP contribution in [-0.2, 0) is 11.4 Å². The normalized spacial score (nSPS) is 26.4. The molecule has 2 aromatic rings. The fourth-order valence-corrected chi connectivity index (χ4v) is 5.45. The van der Waals surface area contributed by atoms with Gasteiger partial charge >= 0.3 is 0 Å². The molecule has 1 fully saturated rings. The van der Waals surface area contributed by atoms with E-state index in [1.54, 1.807) is 6.92 Å². The van der Waals surface area contributed by atoms with Gasteiger partial charge in [-0.2, -0.15) is 0 Å². The number of aliphatic hydroxyl groups excluding tert-OH is 1. The van der Waals surface area contributed by atoms with E-state index in [1.165, 1.54) is 9.47 Å². The molecule has 3 aliphatic rings. The van der Waals surface area contributed by atoms with Crippen molar-refractivity contribution in [2.24, 2.45) is 5.16 Å². The van der Waals surface area contributed by atoms with E-state index in [1.807, 2.05) is 6.92 Å². The van der Waals surface area contributed by atoms with Crippen molar-refractivity contribution in [2.45, 2.75) is 57.0 Å². The summed E-state index contributed by atoms with van der Waals surface area (Å²) in [5.41, 5.74) is -3.04. The summed E-state index contributed by atoms with van der Waals surface area (Å²) >= 11 is 5.58. The van der Waals surface area contributed by atoms with Crippen molar-refractivity contribution in [3.05, 3.63) is 62.0 Å². The maximum atomic E-state index is 14.3. The number of hydrogen-bond acceptors (Lipinski definition) is 7. The molecule has 196 valence electrons. The third-order valence-corrected chi connectivity index (χ3v) is 7.79. The number of fused-ring (bicyclic) bond motifs is 5. The van der Waals surface area contributed by atoms with Gasteiger partial charge < -0.3 is 29.8 Å². The molecule has 10 nitrogen and oxygen atoms in total. The van der Waals surface area contributed by atoms with Gasteiger partial charge in [-0.15, -0.1) is 0 Å². The van der Waals surface area contributed by atoms with Gasteiger partial charge in [-0.25, -0.2) is 8.78 Å². The molecule has 3 aliphatic heterocycles. The number of rotatable bonds is 3. The number of aromatic hydroxyl groups is 1. The Morgan fingerprint density at radius 3 is 2.76 bits per heavy atom. The van der Waals surface area contributed by atoms with Crippen molar-refractivity contribution >= 4 is 29.1 Å². The van der Waals surface area contributed by atoms with Crippen LogP contribution in [0.3, 0.4) is 0 Å². The van der Waals surface area contributed by atoms with Crippen LogP contribution in [0.1, 0.15) is 59.1 Å². The number of hydrogen-bond donors (Lipinski definition) is 3. The summed E-state index contributed by atoms with van der Waals surface area (Å²) in [6.45, 7) is 3.06. The zero-order valence-corrected chi connectivity index (χ0v) is 20.6. The molecule has 2 bridgehead atoms. The highest BCUT2D eigenvalue weighted by Crippen LogP contribution is 2.46. The highest BCUT2D eigenvalue weighted by Gasteiger charge is 2.58. The molecule has 3 N–H and O–H groups in total. The third-order valence-electron chi connectivity index (χ3n) is 7.45. The van der Waals surface area contributed by atoms with E-state index in [4.69, 9.17) is 16.4 Å². The lowest BCUT2D eigenvalue weighted by Crippen LogP contribution is -2.56. The van der Waals surface area contributed by atoms with Crippen LogP contribution >= 0.6 is 11.6 Å². The lowest BCUT2D eigenvalue weighted by molar-refractivity contribution is -0.114. The van der Waals surface area contributed by atoms with E-state index >= 15 is 0 Å². The second-order valence-corrected chi connectivity index (χ2v) is 9.91. The summed E-state index contributed by atoms with van der Waals surface area (Å²) in [5, 5.41) is 27.4. The first-order chi connectivity index (χ1) is 17.5. The lowest BCUT2D eigenvalue weighted by atomic mass is 9.82. The topological polar surface area (TPSA) is 133 Å². The Hall–Kier alpha value is -3.51. The number of carbonyl (C=O) groups is 2. The van der Waals surface area contributed by atoms with E-state index in [9.17, 15) is 33.4 Å². The second-order valence-electron chi connectivity index (χ2n) is 9.54. The first kappa shape index (κ1) is 25.2. The minimum Gasteiger partial charge on any atom is -0.503 e. The van der Waals surface area contributed by atoms with Crippen molar-refractivity contribution in [3.8, 4) is 5.75 Å². The van der Waals surface area contributed by atoms with Crippen LogP contribution in [0.15, 0.2) is 28.3 Å². The molecule has 13 heteroatoms. The van der Waals surface area contributed by atoms with Crippen LogP contribution in [0, 0.1) is 11.6 Å². The molecule has 0 aliphatic carbocycles. The average molecular weight is 537 g/mol. The number of oxime groups is 1. The zero-order valence-electron chi connectivity index (χ0n) is 19.8. The molecule has 2 amide bonds. The number of halogens is 3. The number of carbonyl (C=O) groups excluding carboxylic acids is 2. The first-order valence-corrected chi connectivity index (χ1v) is 12.0. The van der Waals surface area contributed by atoms with E-state index in [-0.39, 0.29) is 23.8 Å². The molecule has 0 saturated carbocycles. The molecule has 4 unspecified atom stereocenters. The SMILES string of the molecule is CC1=NOC2(CCC(C)N3CC2n2cc(C(=O)NCc4ccc(F)c(Cl)c4F)c(=O)c(O)c2C3=O)C1O. The van der Waals surface area contributed by atoms with Crippen molar-refractivity contribution in [1.82, 2.24) is 14.8 Å². The average Bonchev–Trinajstić information content (AvgIpc) is 3.08. The van der Waals surface area contributed by atoms with Crippen LogP contribution in [0.2, 0.25) is 5.02 Å². The van der Waals surface area contributed by atoms with Gasteiger partial charge in [0.15, 0.2) is 17.0 Å². The first-order valence-electron chi connectivity index (χ1n) is 11.6. The monoisotopic (exact) mass is 536 g/mol. The van der Waals surface area contributed by atoms with Gasteiger partial charge in [-0.05, 0) is 32.8 Å². The van der Waals surface area contributed by atoms with Gasteiger partial charge in [0, 0.05) is 30.9 Å². The number of amides is 2. The Morgan fingerprint density at radius 2 is 2.08 bits per heavy atom. The molecule has 1 saturated heterocycles. The molecule has 4 heterocycles. The van der Waals surface area contributed by atoms with Gasteiger partial charge in [0.1, 0.15) is 28.3 Å². The Morgan fingerprint density at radius 1 is 1.35 bits per heavy atom. The second kappa shape index (κ2) is 8.80. The minimum atomic E-state index is -1.30. The molecule has 5 rings (SSSR count). The fraction of sp³-hybridized carbons (Fsp3) is 0.417. The van der Waals surface area contributed by atoms with E-state index in [2.05, 4.69) is 10.5 Å². The molecular formula is C24H23ClF2N4O6. The van der Waals surface area contributed by atoms with Crippen molar-refractivity contribution in [3.63, 3.8) is 0 Å². The molecular weight excluding hydrogens is 514 g/mol. The molecule has 0 radical (unpaired) electrons. The molecule has 37 heavy (non-hydrogen) atoms. The Bertz CT molecular complexity index is 1430. The standard InChI is InChI=1S/C24H23ClF2N4O6/c1-10-5-6-24(21(34)11(2)29-37-24)15-9-30(10)23(36)18-20(33)19(32)13(8-31(15)18)22(35)28-7-12-3-4-14(26)16(25)17(12)27/h3-4,8,10,15,21,33-34H,5-7,9H2,1-2H3,(H,28,35). The highest BCUT2D eigenvalue weighted by atomic mass is 35.5. The molecule has 1 aromatic carbocycles. The lowest BCUT2D eigenvalue weighted by Gasteiger charge is -2.43. The summed E-state index contributed by atoms with van der Waals surface area (Å²) in [4.78, 5) is 46.5. The van der Waals surface area contributed by atoms with Gasteiger partial charge in [0.05, 0.1) is 11.8 Å². The number of aromatic nitrogens is 1. The quantitative estimate of drug-likeness (QED) is 0.515. The van der Waals surface area contributed by atoms with Crippen molar-refractivity contribution in [1.29, 1.82) is 0 Å². The van der Waals surface area contributed by atoms with Gasteiger partial charge in [0.2, 0.25) is 5.43 Å². The van der Waals surface area contributed by atoms with Gasteiger partial charge in [0.25, 0.3) is 11.8 Å². The molecule has 1 spiro atoms. The maximum Gasteiger partial charge on any atom is 0.274 e. The number of benzene rings is 1. The van der Waals surface area contributed by atoms with Gasteiger partial charge in [-0.1, -0.05) is 22.8 Å². The summed E-state index contributed by atoms with van der Waals surface area (Å²) < 4.78 is 29.0. The minimum absolute atomic E-state index is 0.0789. The Labute approximate surface area is 214 Å². The van der Waals surface area contributed by atoms with Crippen molar-refractivity contribution in [2.75, 3.05) is 6.54 Å². The third kappa shape index (κ3) is 3.69. The summed E-state index contributed by atoms with van der Waals surface area (Å²) in [7, 11) is 0. The largest absolute Gasteiger partial charge is 0.503 e. The van der Waals surface area contributed by atoms with Crippen LogP contribution < -0.4 is 10.7 Å². The fourth-order valence-electron chi connectivity index (χ4n) is 5.27. The summed E-state index contributed by atoms with van der Waals surface area (Å²) in [5.74, 6) is -4.53. The van der Waals surface area contributed by atoms with E-state index < -0.39 is 69.5 Å². The number of aliphatic hydroxyl groups is 1. The van der Waals surface area contributed by atoms with Crippen molar-refractivity contribution < 1.29 is 33.4 Å². The van der Waals surface area contributed by atoms with Gasteiger partial charge in [-0.3, -0.25) is 14.4 Å². The van der Waals surface area contributed by atoms with E-state index in [0.29, 0.717) is 18.6 Å². The maximum absolute atomic E-state index is 14.3. The Balaban J connectivity index is 1.56. The number of nitrogens with one attached hydrogen (secondary N) is 1.